The van der Waals surface area contributed by atoms with Crippen molar-refractivity contribution in [3.05, 3.63) is 51.9 Å². The highest BCUT2D eigenvalue weighted by Gasteiger charge is 2.53. The van der Waals surface area contributed by atoms with Crippen molar-refractivity contribution in [3.63, 3.8) is 0 Å². The van der Waals surface area contributed by atoms with Crippen LogP contribution >= 0.6 is 22.9 Å². The number of benzene rings is 1. The molecule has 3 unspecified atom stereocenters. The Kier molecular flexibility index (Phi) is 5.07. The van der Waals surface area contributed by atoms with Gasteiger partial charge in [-0.3, -0.25) is 14.5 Å². The molecular weight excluding hydrogens is 509 g/mol. The van der Waals surface area contributed by atoms with Crippen molar-refractivity contribution in [2.45, 2.75) is 24.4 Å². The fraction of sp³-hybridized carbons (Fsp3) is 0.250. The number of fused-ring (bicyclic) bond motifs is 1. The molecule has 2 N–H and O–H groups in total. The van der Waals surface area contributed by atoms with Crippen LogP contribution in [0.2, 0.25) is 5.02 Å². The minimum Gasteiger partial charge on any atom is -0.387 e. The summed E-state index contributed by atoms with van der Waals surface area (Å²) >= 11 is 6.37. The summed E-state index contributed by atoms with van der Waals surface area (Å²) in [5, 5.41) is 20.8. The van der Waals surface area contributed by atoms with Crippen LogP contribution < -0.4 is 9.80 Å². The molecule has 7 nitrogen and oxygen atoms in total. The first-order valence-corrected chi connectivity index (χ1v) is 10.4. The molecule has 0 spiro atoms. The summed E-state index contributed by atoms with van der Waals surface area (Å²) in [6.45, 7) is -3.52. The van der Waals surface area contributed by atoms with Gasteiger partial charge in [0, 0.05) is 22.5 Å². The van der Waals surface area contributed by atoms with Crippen molar-refractivity contribution in [1.29, 1.82) is 0 Å². The van der Waals surface area contributed by atoms with Crippen LogP contribution in [0.4, 0.5) is 33.5 Å². The monoisotopic (exact) mass is 524 g/mol. The maximum Gasteiger partial charge on any atom is 0.417 e. The number of thiophene rings is 1. The number of alkyl halides is 3. The number of aliphatic hydroxyl groups excluding tert-OH is 2. The number of hydrogen-bond acceptors (Lipinski definition) is 6. The first-order valence-electron chi connectivity index (χ1n) is 10.7. The molecule has 2 aromatic heterocycles. The maximum atomic E-state index is 14.6. The Bertz CT molecular complexity index is 1420. The van der Waals surface area contributed by atoms with Gasteiger partial charge < -0.3 is 15.1 Å². The molecule has 0 bridgehead atoms. The second-order valence-corrected chi connectivity index (χ2v) is 8.45. The second-order valence-electron chi connectivity index (χ2n) is 7.15. The van der Waals surface area contributed by atoms with Gasteiger partial charge in [-0.25, -0.2) is 13.8 Å². The van der Waals surface area contributed by atoms with E-state index in [1.54, 1.807) is 0 Å². The van der Waals surface area contributed by atoms with Crippen LogP contribution in [0.25, 0.3) is 10.2 Å². The van der Waals surface area contributed by atoms with Gasteiger partial charge in [0.25, 0.3) is 11.8 Å². The molecule has 4 rings (SSSR count). The fourth-order valence-electron chi connectivity index (χ4n) is 3.49. The van der Waals surface area contributed by atoms with Crippen molar-refractivity contribution < 1.29 is 45.9 Å². The molecule has 2 amide bonds. The minimum absolute atomic E-state index is 0.189. The number of carbonyl (C=O) groups is 2. The number of pyridine rings is 1. The number of halogens is 6. The lowest BCUT2D eigenvalue weighted by molar-refractivity contribution is -0.136. The largest absolute Gasteiger partial charge is 0.417 e. The predicted molar refractivity (Wildman–Crippen MR) is 113 cm³/mol. The van der Waals surface area contributed by atoms with Gasteiger partial charge in [-0.15, -0.1) is 11.3 Å². The third-order valence-electron chi connectivity index (χ3n) is 5.10. The van der Waals surface area contributed by atoms with E-state index in [9.17, 15) is 41.8 Å². The quantitative estimate of drug-likeness (QED) is 0.405. The number of rotatable bonds is 3. The molecular formula is C20H13ClF5N3O4S. The zero-order chi connectivity index (χ0) is 27.6. The van der Waals surface area contributed by atoms with E-state index in [0.717, 1.165) is 17.4 Å². The number of aliphatic hydroxyl groups is 2. The highest BCUT2D eigenvalue weighted by Crippen LogP contribution is 2.40. The van der Waals surface area contributed by atoms with Crippen molar-refractivity contribution >= 4 is 56.5 Å². The van der Waals surface area contributed by atoms with Gasteiger partial charge >= 0.3 is 6.18 Å². The summed E-state index contributed by atoms with van der Waals surface area (Å²) in [5.41, 5.74) is -2.33. The van der Waals surface area contributed by atoms with Crippen molar-refractivity contribution in [3.8, 4) is 0 Å². The van der Waals surface area contributed by atoms with E-state index < -0.39 is 76.9 Å². The summed E-state index contributed by atoms with van der Waals surface area (Å²) in [4.78, 5) is 30.0. The zero-order valence-corrected chi connectivity index (χ0v) is 17.9. The first kappa shape index (κ1) is 20.5. The maximum absolute atomic E-state index is 14.6. The normalized spacial score (nSPS) is 22.6. The van der Waals surface area contributed by atoms with E-state index in [-0.39, 0.29) is 26.1 Å². The van der Waals surface area contributed by atoms with Crippen LogP contribution in [-0.4, -0.2) is 52.2 Å². The second kappa shape index (κ2) is 8.41. The lowest BCUT2D eigenvalue weighted by Gasteiger charge is -2.29. The SMILES string of the molecule is [2H]C([2H])([2H])N(C(=O)C1C(O)C(O)C(=O)N1c1cc(C(F)(F)F)c2ccsc2n1)c1cc(Cl)c(F)cc1F. The van der Waals surface area contributed by atoms with Gasteiger partial charge in [-0.1, -0.05) is 11.6 Å². The average Bonchev–Trinajstić information content (AvgIpc) is 3.33. The Labute approximate surface area is 200 Å². The van der Waals surface area contributed by atoms with Crippen LogP contribution in [0.15, 0.2) is 29.6 Å². The lowest BCUT2D eigenvalue weighted by Crippen LogP contribution is -2.50. The van der Waals surface area contributed by atoms with Gasteiger partial charge in [-0.2, -0.15) is 13.2 Å². The molecule has 14 heteroatoms. The number of amides is 2. The predicted octanol–water partition coefficient (Wildman–Crippen LogP) is 3.35. The molecule has 180 valence electrons. The number of anilines is 2. The van der Waals surface area contributed by atoms with E-state index in [2.05, 4.69) is 4.98 Å². The van der Waals surface area contributed by atoms with E-state index in [4.69, 9.17) is 15.7 Å². The Balaban J connectivity index is 1.90. The summed E-state index contributed by atoms with van der Waals surface area (Å²) in [6, 6.07) is -0.188. The third-order valence-corrected chi connectivity index (χ3v) is 6.19. The van der Waals surface area contributed by atoms with E-state index in [1.165, 1.54) is 5.38 Å². The van der Waals surface area contributed by atoms with Crippen LogP contribution in [-0.2, 0) is 15.8 Å². The molecule has 1 aliphatic rings. The first-order chi connectivity index (χ1) is 17.0. The number of nitrogens with zero attached hydrogens (tertiary/aromatic N) is 3. The molecule has 3 atom stereocenters. The number of likely N-dealkylation sites (N-methyl/N-ethyl adjacent to an activating group) is 1. The molecule has 1 aliphatic heterocycles. The summed E-state index contributed by atoms with van der Waals surface area (Å²) in [6.07, 6.45) is -9.68. The van der Waals surface area contributed by atoms with Crippen LogP contribution in [0.3, 0.4) is 0 Å². The van der Waals surface area contributed by atoms with Gasteiger partial charge in [0.1, 0.15) is 34.4 Å². The molecule has 3 heterocycles. The van der Waals surface area contributed by atoms with Crippen molar-refractivity contribution in [2.24, 2.45) is 0 Å². The van der Waals surface area contributed by atoms with Crippen LogP contribution in [0.5, 0.6) is 0 Å². The highest BCUT2D eigenvalue weighted by molar-refractivity contribution is 7.16. The Hall–Kier alpha value is -2.87. The molecule has 3 aromatic rings. The van der Waals surface area contributed by atoms with E-state index in [0.29, 0.717) is 12.1 Å². The minimum atomic E-state index is -4.95. The van der Waals surface area contributed by atoms with Gasteiger partial charge in [0.2, 0.25) is 0 Å². The standard InChI is InChI=1S/C20H13ClF5N3O4S/c1-28(12-5-9(21)10(22)6-11(12)23)18(32)14-15(30)16(31)19(33)29(14)13-4-8(20(24,25)26)7-2-3-34-17(7)27-13/h2-6,14-16,30-31H,1H3/i1D3. The summed E-state index contributed by atoms with van der Waals surface area (Å²) in [7, 11) is 0. The van der Waals surface area contributed by atoms with E-state index in [1.807, 2.05) is 0 Å². The van der Waals surface area contributed by atoms with E-state index >= 15 is 0 Å². The molecule has 1 fully saturated rings. The van der Waals surface area contributed by atoms with Gasteiger partial charge in [0.15, 0.2) is 6.10 Å². The molecule has 0 aliphatic carbocycles. The lowest BCUT2D eigenvalue weighted by atomic mass is 10.1. The molecule has 1 aromatic carbocycles. The Morgan fingerprint density at radius 1 is 1.26 bits per heavy atom. The Morgan fingerprint density at radius 2 is 1.97 bits per heavy atom. The zero-order valence-electron chi connectivity index (χ0n) is 19.3. The van der Waals surface area contributed by atoms with Crippen LogP contribution in [0.1, 0.15) is 9.68 Å². The third kappa shape index (κ3) is 3.87. The fourth-order valence-corrected chi connectivity index (χ4v) is 4.43. The number of carbonyl (C=O) groups excluding carboxylic acids is 2. The molecule has 1 saturated heterocycles. The smallest absolute Gasteiger partial charge is 0.387 e. The molecule has 0 saturated carbocycles. The topological polar surface area (TPSA) is 94.0 Å². The summed E-state index contributed by atoms with van der Waals surface area (Å²) in [5.74, 6) is -6.88. The highest BCUT2D eigenvalue weighted by atomic mass is 35.5. The molecule has 34 heavy (non-hydrogen) atoms. The van der Waals surface area contributed by atoms with Crippen molar-refractivity contribution in [2.75, 3.05) is 16.8 Å². The molecule has 0 radical (unpaired) electrons. The van der Waals surface area contributed by atoms with Crippen LogP contribution in [0, 0.1) is 11.6 Å². The average molecular weight is 525 g/mol. The number of aromatic nitrogens is 1. The van der Waals surface area contributed by atoms with Gasteiger partial charge in [0.05, 0.1) is 16.3 Å². The van der Waals surface area contributed by atoms with Crippen molar-refractivity contribution in [1.82, 2.24) is 4.98 Å². The summed E-state index contributed by atoms with van der Waals surface area (Å²) < 4.78 is 92.6. The Morgan fingerprint density at radius 3 is 2.62 bits per heavy atom. The number of hydrogen-bond donors (Lipinski definition) is 2. The van der Waals surface area contributed by atoms with Gasteiger partial charge in [-0.05, 0) is 23.6 Å².